The van der Waals surface area contributed by atoms with Crippen molar-refractivity contribution in [2.45, 2.75) is 17.6 Å². The zero-order chi connectivity index (χ0) is 11.6. The number of pyridine rings is 1. The number of anilines is 1. The molecule has 1 aliphatic carbocycles. The molecule has 2 rings (SSSR count). The number of nitrogens with one attached hydrogen (secondary N) is 1. The first-order valence-electron chi connectivity index (χ1n) is 5.20. The van der Waals surface area contributed by atoms with Gasteiger partial charge >= 0.3 is 0 Å². The quantitative estimate of drug-likeness (QED) is 0.786. The summed E-state index contributed by atoms with van der Waals surface area (Å²) in [4.78, 5) is 4.66. The minimum absolute atomic E-state index is 0.413. The van der Waals surface area contributed by atoms with Crippen LogP contribution >= 0.6 is 24.0 Å². The van der Waals surface area contributed by atoms with E-state index in [1.165, 1.54) is 12.8 Å². The molecule has 1 aliphatic rings. The molecule has 0 saturated heterocycles. The summed E-state index contributed by atoms with van der Waals surface area (Å²) in [7, 11) is 0. The third-order valence-electron chi connectivity index (χ3n) is 2.88. The van der Waals surface area contributed by atoms with Crippen molar-refractivity contribution in [3.63, 3.8) is 0 Å². The second-order valence-electron chi connectivity index (χ2n) is 4.03. The maximum Gasteiger partial charge on any atom is 0.126 e. The van der Waals surface area contributed by atoms with Gasteiger partial charge in [0.1, 0.15) is 10.8 Å². The van der Waals surface area contributed by atoms with Gasteiger partial charge in [-0.25, -0.2) is 4.98 Å². The predicted molar refractivity (Wildman–Crippen MR) is 74.1 cm³/mol. The van der Waals surface area contributed by atoms with Gasteiger partial charge < -0.3 is 11.1 Å². The molecule has 1 saturated carbocycles. The number of thioether (sulfide) groups is 1. The van der Waals surface area contributed by atoms with E-state index in [1.807, 2.05) is 23.9 Å². The lowest BCUT2D eigenvalue weighted by Gasteiger charge is -2.13. The first-order chi connectivity index (χ1) is 7.65. The van der Waals surface area contributed by atoms with Crippen LogP contribution in [0.25, 0.3) is 0 Å². The molecule has 1 heterocycles. The Balaban J connectivity index is 1.99. The maximum absolute atomic E-state index is 5.57. The lowest BCUT2D eigenvalue weighted by Crippen LogP contribution is -2.18. The molecule has 1 fully saturated rings. The highest BCUT2D eigenvalue weighted by atomic mass is 32.2. The average molecular weight is 253 g/mol. The standard InChI is InChI=1S/C11H15N3S2/c1-16-11(3-4-11)7-14-9-6-8(10(12)15)2-5-13-9/h2,5-6H,3-4,7H2,1H3,(H2,12,15)(H,13,14). The molecule has 86 valence electrons. The Morgan fingerprint density at radius 1 is 1.69 bits per heavy atom. The molecule has 0 spiro atoms. The SMILES string of the molecule is CSC1(CNc2cc(C(N)=S)ccn2)CC1. The van der Waals surface area contributed by atoms with Crippen LogP contribution in [0.5, 0.6) is 0 Å². The normalized spacial score (nSPS) is 16.8. The second-order valence-corrected chi connectivity index (χ2v) is 5.75. The topological polar surface area (TPSA) is 50.9 Å². The first-order valence-corrected chi connectivity index (χ1v) is 6.83. The smallest absolute Gasteiger partial charge is 0.126 e. The van der Waals surface area contributed by atoms with Gasteiger partial charge in [0, 0.05) is 23.1 Å². The number of nitrogens with zero attached hydrogens (tertiary/aromatic N) is 1. The van der Waals surface area contributed by atoms with Crippen LogP contribution in [0.1, 0.15) is 18.4 Å². The minimum atomic E-state index is 0.413. The highest BCUT2D eigenvalue weighted by Gasteiger charge is 2.41. The van der Waals surface area contributed by atoms with E-state index in [9.17, 15) is 0 Å². The van der Waals surface area contributed by atoms with Crippen LogP contribution < -0.4 is 11.1 Å². The van der Waals surface area contributed by atoms with Crippen LogP contribution in [-0.2, 0) is 0 Å². The molecule has 0 atom stereocenters. The van der Waals surface area contributed by atoms with Gasteiger partial charge in [-0.2, -0.15) is 11.8 Å². The number of aromatic nitrogens is 1. The first kappa shape index (κ1) is 11.7. The molecule has 0 radical (unpaired) electrons. The Hall–Kier alpha value is -0.810. The van der Waals surface area contributed by atoms with Gasteiger partial charge in [0.05, 0.1) is 0 Å². The molecule has 0 aliphatic heterocycles. The second kappa shape index (κ2) is 4.59. The van der Waals surface area contributed by atoms with E-state index in [-0.39, 0.29) is 0 Å². The molecule has 16 heavy (non-hydrogen) atoms. The van der Waals surface area contributed by atoms with Crippen LogP contribution in [0, 0.1) is 0 Å². The van der Waals surface area contributed by atoms with Gasteiger partial charge in [0.25, 0.3) is 0 Å². The van der Waals surface area contributed by atoms with Crippen LogP contribution in [-0.4, -0.2) is 27.5 Å². The van der Waals surface area contributed by atoms with Crippen molar-refractivity contribution in [2.24, 2.45) is 5.73 Å². The fraction of sp³-hybridized carbons (Fsp3) is 0.455. The number of rotatable bonds is 5. The van der Waals surface area contributed by atoms with E-state index in [0.717, 1.165) is 17.9 Å². The Morgan fingerprint density at radius 2 is 2.44 bits per heavy atom. The van der Waals surface area contributed by atoms with E-state index >= 15 is 0 Å². The van der Waals surface area contributed by atoms with Gasteiger partial charge in [-0.15, -0.1) is 0 Å². The minimum Gasteiger partial charge on any atom is -0.389 e. The summed E-state index contributed by atoms with van der Waals surface area (Å²) in [6.07, 6.45) is 6.47. The summed E-state index contributed by atoms with van der Waals surface area (Å²) < 4.78 is 0.431. The van der Waals surface area contributed by atoms with E-state index in [1.54, 1.807) is 6.20 Å². The molecule has 3 nitrogen and oxygen atoms in total. The third-order valence-corrected chi connectivity index (χ3v) is 4.53. The Kier molecular flexibility index (Phi) is 3.35. The van der Waals surface area contributed by atoms with Crippen molar-refractivity contribution >= 4 is 34.8 Å². The van der Waals surface area contributed by atoms with Crippen molar-refractivity contribution in [3.8, 4) is 0 Å². The van der Waals surface area contributed by atoms with E-state index < -0.39 is 0 Å². The van der Waals surface area contributed by atoms with Gasteiger partial charge in [-0.05, 0) is 31.2 Å². The van der Waals surface area contributed by atoms with Crippen LogP contribution in [0.4, 0.5) is 5.82 Å². The molecular weight excluding hydrogens is 238 g/mol. The summed E-state index contributed by atoms with van der Waals surface area (Å²) >= 11 is 6.86. The highest BCUT2D eigenvalue weighted by molar-refractivity contribution is 8.00. The molecule has 5 heteroatoms. The highest BCUT2D eigenvalue weighted by Crippen LogP contribution is 2.46. The van der Waals surface area contributed by atoms with Crippen molar-refractivity contribution < 1.29 is 0 Å². The summed E-state index contributed by atoms with van der Waals surface area (Å²) in [5.41, 5.74) is 6.44. The van der Waals surface area contributed by atoms with E-state index in [4.69, 9.17) is 18.0 Å². The third kappa shape index (κ3) is 2.65. The van der Waals surface area contributed by atoms with Crippen LogP contribution in [0.15, 0.2) is 18.3 Å². The largest absolute Gasteiger partial charge is 0.389 e. The van der Waals surface area contributed by atoms with Gasteiger partial charge in [0.15, 0.2) is 0 Å². The van der Waals surface area contributed by atoms with Crippen molar-refractivity contribution in [3.05, 3.63) is 23.9 Å². The van der Waals surface area contributed by atoms with Gasteiger partial charge in [-0.3, -0.25) is 0 Å². The van der Waals surface area contributed by atoms with Crippen LogP contribution in [0.2, 0.25) is 0 Å². The van der Waals surface area contributed by atoms with Crippen molar-refractivity contribution in [1.82, 2.24) is 4.98 Å². The fourth-order valence-electron chi connectivity index (χ4n) is 1.52. The molecule has 3 N–H and O–H groups in total. The van der Waals surface area contributed by atoms with Gasteiger partial charge in [0.2, 0.25) is 0 Å². The molecule has 1 aromatic rings. The fourth-order valence-corrected chi connectivity index (χ4v) is 2.38. The average Bonchev–Trinajstić information content (AvgIpc) is 3.07. The summed E-state index contributed by atoms with van der Waals surface area (Å²) in [5, 5.41) is 3.35. The lowest BCUT2D eigenvalue weighted by molar-refractivity contribution is 0.940. The zero-order valence-electron chi connectivity index (χ0n) is 9.19. The summed E-state index contributed by atoms with van der Waals surface area (Å²) in [5.74, 6) is 0.852. The molecule has 0 unspecified atom stereocenters. The summed E-state index contributed by atoms with van der Waals surface area (Å²) in [6.45, 7) is 0.960. The molecule has 0 aromatic carbocycles. The molecular formula is C11H15N3S2. The van der Waals surface area contributed by atoms with E-state index in [2.05, 4.69) is 16.6 Å². The number of hydrogen-bond donors (Lipinski definition) is 2. The maximum atomic E-state index is 5.57. The van der Waals surface area contributed by atoms with Crippen molar-refractivity contribution in [2.75, 3.05) is 18.1 Å². The Bertz CT molecular complexity index is 402. The monoisotopic (exact) mass is 253 g/mol. The number of thiocarbonyl (C=S) groups is 1. The Morgan fingerprint density at radius 3 is 3.00 bits per heavy atom. The number of nitrogens with two attached hydrogens (primary N) is 1. The Labute approximate surface area is 105 Å². The lowest BCUT2D eigenvalue weighted by atomic mass is 10.2. The van der Waals surface area contributed by atoms with E-state index in [0.29, 0.717) is 9.74 Å². The van der Waals surface area contributed by atoms with Crippen molar-refractivity contribution in [1.29, 1.82) is 0 Å². The number of hydrogen-bond acceptors (Lipinski definition) is 4. The molecule has 0 bridgehead atoms. The van der Waals surface area contributed by atoms with Crippen LogP contribution in [0.3, 0.4) is 0 Å². The molecule has 0 amide bonds. The van der Waals surface area contributed by atoms with Gasteiger partial charge in [-0.1, -0.05) is 12.2 Å². The zero-order valence-corrected chi connectivity index (χ0v) is 10.8. The molecule has 1 aromatic heterocycles. The predicted octanol–water partition coefficient (Wildman–Crippen LogP) is 2.02. The summed E-state index contributed by atoms with van der Waals surface area (Å²) in [6, 6.07) is 3.73.